The molecule has 1 aromatic carbocycles. The van der Waals surface area contributed by atoms with Gasteiger partial charge in [0, 0.05) is 30.7 Å². The zero-order chi connectivity index (χ0) is 14.0. The van der Waals surface area contributed by atoms with Gasteiger partial charge in [0.1, 0.15) is 11.5 Å². The van der Waals surface area contributed by atoms with E-state index in [-0.39, 0.29) is 33.5 Å². The van der Waals surface area contributed by atoms with Gasteiger partial charge in [-0.3, -0.25) is 10.1 Å². The van der Waals surface area contributed by atoms with Crippen LogP contribution in [0.3, 0.4) is 0 Å². The van der Waals surface area contributed by atoms with E-state index >= 15 is 0 Å². The van der Waals surface area contributed by atoms with Gasteiger partial charge in [-0.1, -0.05) is 6.42 Å². The van der Waals surface area contributed by atoms with Gasteiger partial charge in [-0.25, -0.2) is 4.39 Å². The molecule has 0 bridgehead atoms. The Kier molecular flexibility index (Phi) is 4.56. The first-order valence-corrected chi connectivity index (χ1v) is 7.11. The number of nitro groups is 1. The number of halogens is 2. The summed E-state index contributed by atoms with van der Waals surface area (Å²) >= 11 is 1.73. The molecule has 1 saturated carbocycles. The van der Waals surface area contributed by atoms with Crippen molar-refractivity contribution in [3.63, 3.8) is 0 Å². The topological polar surface area (TPSA) is 75.4 Å². The van der Waals surface area contributed by atoms with E-state index in [0.29, 0.717) is 0 Å². The van der Waals surface area contributed by atoms with Crippen molar-refractivity contribution in [2.24, 2.45) is 5.92 Å². The number of nitrogens with one attached hydrogen (secondary N) is 1. The number of benzene rings is 1. The highest BCUT2D eigenvalue weighted by Crippen LogP contribution is 2.33. The fourth-order valence-corrected chi connectivity index (χ4v) is 2.90. The summed E-state index contributed by atoms with van der Waals surface area (Å²) in [5, 5.41) is 23.3. The number of aliphatic hydroxyl groups is 1. The Morgan fingerprint density at radius 3 is 2.89 bits per heavy atom. The fourth-order valence-electron chi connectivity index (χ4n) is 2.45. The average molecular weight is 380 g/mol. The standard InChI is InChI=1S/C12H14FIN2O3/c13-8-4-11(12(16(18)19)5-9(8)14)15-10-3-1-2-7(10)6-17/h4-5,7,10,15,17H,1-3,6H2. The number of nitro benzene ring substituents is 1. The molecule has 1 fully saturated rings. The molecule has 5 nitrogen and oxygen atoms in total. The summed E-state index contributed by atoms with van der Waals surface area (Å²) in [6.45, 7) is 0.0400. The van der Waals surface area contributed by atoms with Crippen LogP contribution in [0.2, 0.25) is 0 Å². The third kappa shape index (κ3) is 3.14. The molecule has 1 aromatic rings. The molecule has 7 heteroatoms. The lowest BCUT2D eigenvalue weighted by Crippen LogP contribution is -2.26. The van der Waals surface area contributed by atoms with Crippen LogP contribution in [0.1, 0.15) is 19.3 Å². The molecule has 2 atom stereocenters. The summed E-state index contributed by atoms with van der Waals surface area (Å²) in [7, 11) is 0. The minimum Gasteiger partial charge on any atom is -0.396 e. The normalized spacial score (nSPS) is 22.5. The monoisotopic (exact) mass is 380 g/mol. The Morgan fingerprint density at radius 1 is 1.53 bits per heavy atom. The van der Waals surface area contributed by atoms with E-state index in [1.807, 2.05) is 0 Å². The molecule has 2 unspecified atom stereocenters. The van der Waals surface area contributed by atoms with Crippen molar-refractivity contribution in [1.82, 2.24) is 0 Å². The lowest BCUT2D eigenvalue weighted by molar-refractivity contribution is -0.384. The number of rotatable bonds is 4. The second-order valence-electron chi connectivity index (χ2n) is 4.66. The van der Waals surface area contributed by atoms with Gasteiger partial charge in [-0.2, -0.15) is 0 Å². The maximum Gasteiger partial charge on any atom is 0.293 e. The zero-order valence-electron chi connectivity index (χ0n) is 10.1. The van der Waals surface area contributed by atoms with Crippen molar-refractivity contribution >= 4 is 34.0 Å². The van der Waals surface area contributed by atoms with E-state index in [1.165, 1.54) is 6.07 Å². The molecule has 1 aliphatic carbocycles. The highest BCUT2D eigenvalue weighted by atomic mass is 127. The minimum atomic E-state index is -0.521. The number of hydrogen-bond donors (Lipinski definition) is 2. The maximum atomic E-state index is 13.6. The first-order valence-electron chi connectivity index (χ1n) is 6.03. The Labute approximate surface area is 123 Å². The summed E-state index contributed by atoms with van der Waals surface area (Å²) in [5.74, 6) is -0.408. The molecule has 0 heterocycles. The second-order valence-corrected chi connectivity index (χ2v) is 5.83. The molecule has 2 rings (SSSR count). The zero-order valence-corrected chi connectivity index (χ0v) is 12.3. The van der Waals surface area contributed by atoms with Gasteiger partial charge >= 0.3 is 0 Å². The number of anilines is 1. The number of nitrogens with zero attached hydrogens (tertiary/aromatic N) is 1. The van der Waals surface area contributed by atoms with Gasteiger partial charge in [0.05, 0.1) is 8.49 Å². The molecule has 0 radical (unpaired) electrons. The van der Waals surface area contributed by atoms with E-state index in [9.17, 15) is 19.6 Å². The van der Waals surface area contributed by atoms with Gasteiger partial charge < -0.3 is 10.4 Å². The first kappa shape index (κ1) is 14.4. The van der Waals surface area contributed by atoms with Crippen molar-refractivity contribution in [1.29, 1.82) is 0 Å². The van der Waals surface area contributed by atoms with Crippen molar-refractivity contribution < 1.29 is 14.4 Å². The van der Waals surface area contributed by atoms with Crippen LogP contribution in [0.4, 0.5) is 15.8 Å². The predicted molar refractivity (Wildman–Crippen MR) is 77.6 cm³/mol. The molecule has 0 aliphatic heterocycles. The average Bonchev–Trinajstić information content (AvgIpc) is 2.80. The smallest absolute Gasteiger partial charge is 0.293 e. The van der Waals surface area contributed by atoms with Crippen LogP contribution in [0.25, 0.3) is 0 Å². The van der Waals surface area contributed by atoms with E-state index in [2.05, 4.69) is 5.32 Å². The van der Waals surface area contributed by atoms with Gasteiger partial charge in [-0.05, 0) is 35.4 Å². The van der Waals surface area contributed by atoms with Crippen LogP contribution in [0.5, 0.6) is 0 Å². The van der Waals surface area contributed by atoms with Crippen LogP contribution in [-0.4, -0.2) is 22.7 Å². The predicted octanol–water partition coefficient (Wildman–Crippen LogP) is 2.91. The van der Waals surface area contributed by atoms with Crippen molar-refractivity contribution in [3.05, 3.63) is 31.6 Å². The fraction of sp³-hybridized carbons (Fsp3) is 0.500. The van der Waals surface area contributed by atoms with Crippen molar-refractivity contribution in [3.8, 4) is 0 Å². The highest BCUT2D eigenvalue weighted by Gasteiger charge is 2.29. The summed E-state index contributed by atoms with van der Waals surface area (Å²) in [4.78, 5) is 10.5. The van der Waals surface area contributed by atoms with Gasteiger partial charge in [0.25, 0.3) is 5.69 Å². The maximum absolute atomic E-state index is 13.6. The molecule has 19 heavy (non-hydrogen) atoms. The van der Waals surface area contributed by atoms with E-state index in [1.54, 1.807) is 22.6 Å². The SMILES string of the molecule is O=[N+]([O-])c1cc(I)c(F)cc1NC1CCCC1CO. The first-order chi connectivity index (χ1) is 9.02. The van der Waals surface area contributed by atoms with Crippen LogP contribution >= 0.6 is 22.6 Å². The molecule has 104 valence electrons. The summed E-state index contributed by atoms with van der Waals surface area (Å²) in [6.07, 6.45) is 2.67. The number of aliphatic hydroxyl groups excluding tert-OH is 1. The molecule has 0 saturated heterocycles. The Balaban J connectivity index is 2.28. The molecule has 1 aliphatic rings. The lowest BCUT2D eigenvalue weighted by atomic mass is 10.0. The van der Waals surface area contributed by atoms with Gasteiger partial charge in [0.15, 0.2) is 0 Å². The molecule has 2 N–H and O–H groups in total. The Bertz CT molecular complexity index is 498. The van der Waals surface area contributed by atoms with Crippen LogP contribution in [-0.2, 0) is 0 Å². The van der Waals surface area contributed by atoms with E-state index in [4.69, 9.17) is 0 Å². The molecular weight excluding hydrogens is 366 g/mol. The van der Waals surface area contributed by atoms with Crippen LogP contribution in [0.15, 0.2) is 12.1 Å². The molecule has 0 spiro atoms. The quantitative estimate of drug-likeness (QED) is 0.479. The summed E-state index contributed by atoms with van der Waals surface area (Å²) < 4.78 is 13.8. The summed E-state index contributed by atoms with van der Waals surface area (Å²) in [5.41, 5.74) is 0.0580. The number of hydrogen-bond acceptors (Lipinski definition) is 4. The van der Waals surface area contributed by atoms with Crippen LogP contribution < -0.4 is 5.32 Å². The van der Waals surface area contributed by atoms with Crippen molar-refractivity contribution in [2.45, 2.75) is 25.3 Å². The van der Waals surface area contributed by atoms with Crippen LogP contribution in [0, 0.1) is 25.4 Å². The van der Waals surface area contributed by atoms with Gasteiger partial charge in [0.2, 0.25) is 0 Å². The summed E-state index contributed by atoms with van der Waals surface area (Å²) in [6, 6.07) is 2.34. The second kappa shape index (κ2) is 6.00. The Hall–Kier alpha value is -0.960. The minimum absolute atomic E-state index is 0.0387. The molecular formula is C12H14FIN2O3. The molecule has 0 aromatic heterocycles. The van der Waals surface area contributed by atoms with E-state index < -0.39 is 10.7 Å². The van der Waals surface area contributed by atoms with Gasteiger partial charge in [-0.15, -0.1) is 0 Å². The Morgan fingerprint density at radius 2 is 2.26 bits per heavy atom. The highest BCUT2D eigenvalue weighted by molar-refractivity contribution is 14.1. The largest absolute Gasteiger partial charge is 0.396 e. The molecule has 0 amide bonds. The van der Waals surface area contributed by atoms with E-state index in [0.717, 1.165) is 25.3 Å². The third-order valence-corrected chi connectivity index (χ3v) is 4.30. The third-order valence-electron chi connectivity index (χ3n) is 3.47. The lowest BCUT2D eigenvalue weighted by Gasteiger charge is -2.20. The van der Waals surface area contributed by atoms with Crippen molar-refractivity contribution in [2.75, 3.05) is 11.9 Å².